The highest BCUT2D eigenvalue weighted by atomic mass is 16.5. The van der Waals surface area contributed by atoms with Gasteiger partial charge >= 0.3 is 0 Å². The number of ether oxygens (including phenoxy) is 1. The van der Waals surface area contributed by atoms with Crippen LogP contribution >= 0.6 is 0 Å². The van der Waals surface area contributed by atoms with Gasteiger partial charge in [-0.15, -0.1) is 0 Å². The lowest BCUT2D eigenvalue weighted by atomic mass is 9.98. The summed E-state index contributed by atoms with van der Waals surface area (Å²) in [4.78, 5) is 2.38. The van der Waals surface area contributed by atoms with E-state index in [2.05, 4.69) is 11.9 Å². The molecule has 0 saturated carbocycles. The summed E-state index contributed by atoms with van der Waals surface area (Å²) in [6, 6.07) is 8.08. The highest BCUT2D eigenvalue weighted by Gasteiger charge is 2.16. The van der Waals surface area contributed by atoms with Gasteiger partial charge in [0.1, 0.15) is 5.75 Å². The number of hydrogen-bond donors (Lipinski definition) is 1. The van der Waals surface area contributed by atoms with E-state index >= 15 is 0 Å². The zero-order valence-electron chi connectivity index (χ0n) is 10.6. The van der Waals surface area contributed by atoms with Crippen LogP contribution in [0.25, 0.3) is 0 Å². The Balaban J connectivity index is 1.81. The summed E-state index contributed by atoms with van der Waals surface area (Å²) in [6.45, 7) is 3.79. The van der Waals surface area contributed by atoms with Gasteiger partial charge < -0.3 is 15.4 Å². The summed E-state index contributed by atoms with van der Waals surface area (Å²) in [5.74, 6) is 1.65. The van der Waals surface area contributed by atoms with Gasteiger partial charge in [0.2, 0.25) is 0 Å². The van der Waals surface area contributed by atoms with E-state index < -0.39 is 0 Å². The first kappa shape index (κ1) is 12.4. The van der Waals surface area contributed by atoms with Crippen molar-refractivity contribution in [2.24, 2.45) is 11.7 Å². The molecule has 2 N–H and O–H groups in total. The van der Waals surface area contributed by atoms with Crippen molar-refractivity contribution in [1.29, 1.82) is 0 Å². The molecule has 1 fully saturated rings. The van der Waals surface area contributed by atoms with Crippen molar-refractivity contribution in [3.63, 3.8) is 0 Å². The van der Waals surface area contributed by atoms with E-state index in [0.717, 1.165) is 17.9 Å². The Hall–Kier alpha value is -1.06. The predicted octanol–water partition coefficient (Wildman–Crippen LogP) is 1.87. The maximum absolute atomic E-state index is 5.85. The van der Waals surface area contributed by atoms with E-state index in [4.69, 9.17) is 10.5 Å². The molecule has 0 aliphatic carbocycles. The van der Waals surface area contributed by atoms with Crippen LogP contribution in [0.4, 0.5) is 0 Å². The minimum Gasteiger partial charge on any atom is -0.493 e. The van der Waals surface area contributed by atoms with Crippen LogP contribution in [0.3, 0.4) is 0 Å². The lowest BCUT2D eigenvalue weighted by Gasteiger charge is -2.28. The van der Waals surface area contributed by atoms with Gasteiger partial charge in [0.15, 0.2) is 0 Å². The lowest BCUT2D eigenvalue weighted by molar-refractivity contribution is 0.160. The average molecular weight is 234 g/mol. The standard InChI is InChI=1S/C14H22N2O/c1-16-7-5-12(6-8-16)11-17-14-4-2-3-13(9-14)10-15/h2-4,9,12H,5-8,10-11,15H2,1H3. The normalized spacial score (nSPS) is 18.2. The molecule has 0 unspecified atom stereocenters. The second kappa shape index (κ2) is 6.03. The Bertz CT molecular complexity index is 346. The molecule has 0 bridgehead atoms. The molecule has 1 saturated heterocycles. The summed E-state index contributed by atoms with van der Waals surface area (Å²) in [6.07, 6.45) is 2.49. The van der Waals surface area contributed by atoms with Crippen LogP contribution in [-0.4, -0.2) is 31.6 Å². The molecule has 3 nitrogen and oxygen atoms in total. The third kappa shape index (κ3) is 3.72. The Morgan fingerprint density at radius 1 is 1.35 bits per heavy atom. The summed E-state index contributed by atoms with van der Waals surface area (Å²) in [5.41, 5.74) is 6.74. The van der Waals surface area contributed by atoms with Gasteiger partial charge in [-0.25, -0.2) is 0 Å². The van der Waals surface area contributed by atoms with Gasteiger partial charge in [-0.05, 0) is 56.6 Å². The second-order valence-corrected chi connectivity index (χ2v) is 4.91. The first-order valence-electron chi connectivity index (χ1n) is 6.38. The van der Waals surface area contributed by atoms with Gasteiger partial charge in [0.25, 0.3) is 0 Å². The Morgan fingerprint density at radius 3 is 2.82 bits per heavy atom. The van der Waals surface area contributed by atoms with Crippen molar-refractivity contribution >= 4 is 0 Å². The number of nitrogens with zero attached hydrogens (tertiary/aromatic N) is 1. The molecule has 0 atom stereocenters. The summed E-state index contributed by atoms with van der Waals surface area (Å²) >= 11 is 0. The van der Waals surface area contributed by atoms with Crippen molar-refractivity contribution in [2.45, 2.75) is 19.4 Å². The molecule has 1 aliphatic heterocycles. The summed E-state index contributed by atoms with van der Waals surface area (Å²) < 4.78 is 5.85. The molecule has 1 aromatic rings. The average Bonchev–Trinajstić information content (AvgIpc) is 2.38. The SMILES string of the molecule is CN1CCC(COc2cccc(CN)c2)CC1. The molecule has 3 heteroatoms. The van der Waals surface area contributed by atoms with E-state index in [1.165, 1.54) is 25.9 Å². The fourth-order valence-corrected chi connectivity index (χ4v) is 2.21. The Kier molecular flexibility index (Phi) is 4.40. The molecule has 17 heavy (non-hydrogen) atoms. The molecular weight excluding hydrogens is 212 g/mol. The zero-order valence-corrected chi connectivity index (χ0v) is 10.6. The third-order valence-corrected chi connectivity index (χ3v) is 3.46. The quantitative estimate of drug-likeness (QED) is 0.864. The van der Waals surface area contributed by atoms with Crippen molar-refractivity contribution in [3.05, 3.63) is 29.8 Å². The molecule has 94 valence electrons. The van der Waals surface area contributed by atoms with Crippen LogP contribution in [0.2, 0.25) is 0 Å². The fourth-order valence-electron chi connectivity index (χ4n) is 2.21. The third-order valence-electron chi connectivity index (χ3n) is 3.46. The van der Waals surface area contributed by atoms with Crippen LogP contribution < -0.4 is 10.5 Å². The first-order chi connectivity index (χ1) is 8.28. The number of rotatable bonds is 4. The first-order valence-corrected chi connectivity index (χ1v) is 6.38. The van der Waals surface area contributed by atoms with Crippen LogP contribution in [0.5, 0.6) is 5.75 Å². The smallest absolute Gasteiger partial charge is 0.119 e. The zero-order chi connectivity index (χ0) is 12.1. The maximum atomic E-state index is 5.85. The van der Waals surface area contributed by atoms with Crippen molar-refractivity contribution < 1.29 is 4.74 Å². The largest absolute Gasteiger partial charge is 0.493 e. The predicted molar refractivity (Wildman–Crippen MR) is 70.0 cm³/mol. The molecule has 2 rings (SSSR count). The van der Waals surface area contributed by atoms with E-state index in [0.29, 0.717) is 12.5 Å². The molecule has 0 amide bonds. The van der Waals surface area contributed by atoms with Crippen LogP contribution in [-0.2, 0) is 6.54 Å². The molecule has 0 aromatic heterocycles. The number of benzene rings is 1. The second-order valence-electron chi connectivity index (χ2n) is 4.91. The van der Waals surface area contributed by atoms with Crippen LogP contribution in [0.15, 0.2) is 24.3 Å². The monoisotopic (exact) mass is 234 g/mol. The summed E-state index contributed by atoms with van der Waals surface area (Å²) in [7, 11) is 2.18. The lowest BCUT2D eigenvalue weighted by Crippen LogP contribution is -2.32. The number of nitrogens with two attached hydrogens (primary N) is 1. The highest BCUT2D eigenvalue weighted by molar-refractivity contribution is 5.28. The van der Waals surface area contributed by atoms with E-state index in [1.807, 2.05) is 24.3 Å². The van der Waals surface area contributed by atoms with Crippen LogP contribution in [0.1, 0.15) is 18.4 Å². The molecular formula is C14H22N2O. The highest BCUT2D eigenvalue weighted by Crippen LogP contribution is 2.19. The van der Waals surface area contributed by atoms with Gasteiger partial charge in [0.05, 0.1) is 6.61 Å². The molecule has 0 radical (unpaired) electrons. The van der Waals surface area contributed by atoms with E-state index in [1.54, 1.807) is 0 Å². The number of hydrogen-bond acceptors (Lipinski definition) is 3. The minimum absolute atomic E-state index is 0.575. The minimum atomic E-state index is 0.575. The Morgan fingerprint density at radius 2 is 2.12 bits per heavy atom. The summed E-state index contributed by atoms with van der Waals surface area (Å²) in [5, 5.41) is 0. The molecule has 1 heterocycles. The van der Waals surface area contributed by atoms with Crippen molar-refractivity contribution in [3.8, 4) is 5.75 Å². The van der Waals surface area contributed by atoms with Crippen molar-refractivity contribution in [1.82, 2.24) is 4.90 Å². The maximum Gasteiger partial charge on any atom is 0.119 e. The van der Waals surface area contributed by atoms with E-state index in [-0.39, 0.29) is 0 Å². The van der Waals surface area contributed by atoms with Crippen molar-refractivity contribution in [2.75, 3.05) is 26.7 Å². The number of likely N-dealkylation sites (tertiary alicyclic amines) is 1. The van der Waals surface area contributed by atoms with Gasteiger partial charge in [-0.1, -0.05) is 12.1 Å². The van der Waals surface area contributed by atoms with Gasteiger partial charge in [-0.2, -0.15) is 0 Å². The fraction of sp³-hybridized carbons (Fsp3) is 0.571. The molecule has 0 spiro atoms. The van der Waals surface area contributed by atoms with Gasteiger partial charge in [0, 0.05) is 6.54 Å². The molecule has 1 aromatic carbocycles. The topological polar surface area (TPSA) is 38.5 Å². The number of piperidine rings is 1. The van der Waals surface area contributed by atoms with Crippen LogP contribution in [0, 0.1) is 5.92 Å². The molecule has 1 aliphatic rings. The van der Waals surface area contributed by atoms with E-state index in [9.17, 15) is 0 Å². The van der Waals surface area contributed by atoms with Gasteiger partial charge in [-0.3, -0.25) is 0 Å². The Labute approximate surface area is 104 Å².